The number of ketones is 1. The summed E-state index contributed by atoms with van der Waals surface area (Å²) in [7, 11) is 1.57. The van der Waals surface area contributed by atoms with Crippen LogP contribution in [0.15, 0.2) is 84.4 Å². The highest BCUT2D eigenvalue weighted by atomic mass is 16.6. The van der Waals surface area contributed by atoms with Crippen molar-refractivity contribution in [3.63, 3.8) is 0 Å². The first-order chi connectivity index (χ1) is 21.5. The Hall–Kier alpha value is -4.76. The predicted molar refractivity (Wildman–Crippen MR) is 170 cm³/mol. The summed E-state index contributed by atoms with van der Waals surface area (Å²) in [5, 5.41) is 5.87. The molecule has 0 bridgehead atoms. The van der Waals surface area contributed by atoms with E-state index in [0.717, 1.165) is 27.8 Å². The van der Waals surface area contributed by atoms with E-state index >= 15 is 0 Å². The first-order valence-electron chi connectivity index (χ1n) is 15.1. The van der Waals surface area contributed by atoms with Gasteiger partial charge in [0.1, 0.15) is 17.4 Å². The number of carbonyl (C=O) groups is 4. The zero-order valence-electron chi connectivity index (χ0n) is 26.0. The van der Waals surface area contributed by atoms with Gasteiger partial charge in [-0.05, 0) is 60.2 Å². The lowest BCUT2D eigenvalue weighted by Gasteiger charge is -2.27. The first kappa shape index (κ1) is 31.7. The van der Waals surface area contributed by atoms with Crippen molar-refractivity contribution < 1.29 is 28.7 Å². The van der Waals surface area contributed by atoms with Gasteiger partial charge in [-0.15, -0.1) is 0 Å². The molecule has 1 aliphatic heterocycles. The van der Waals surface area contributed by atoms with Gasteiger partial charge in [-0.25, -0.2) is 0 Å². The average Bonchev–Trinajstić information content (AvgIpc) is 3.73. The maximum Gasteiger partial charge on any atom is 0.245 e. The Bertz CT molecular complexity index is 1630. The van der Waals surface area contributed by atoms with Gasteiger partial charge in [-0.1, -0.05) is 73.7 Å². The van der Waals surface area contributed by atoms with Gasteiger partial charge in [0, 0.05) is 23.8 Å². The number of benzene rings is 3. The molecule has 4 N–H and O–H groups in total. The molecule has 1 aliphatic carbocycles. The third kappa shape index (κ3) is 6.83. The number of primary amides is 1. The number of nitrogens with one attached hydrogen (secondary N) is 2. The van der Waals surface area contributed by atoms with E-state index in [2.05, 4.69) is 10.6 Å². The number of epoxide rings is 1. The third-order valence-electron chi connectivity index (χ3n) is 8.84. The number of hydrogen-bond donors (Lipinski definition) is 3. The molecule has 1 saturated heterocycles. The molecule has 45 heavy (non-hydrogen) atoms. The standard InChI is InChI=1S/C36H39N3O6/c1-21-26-12-8-9-13-27(26)30(31(21)33(37)41)22(2)34(42)39-29(19-24-14-16-25(44-4)17-15-24)35(43)38-28(32(40)36(3)20-45-36)18-23-10-6-5-7-11-23/h5-17,22,28-30H,18-20H2,1-4H3,(H2,37,41)(H,38,43)(H,39,42)/t22-,28-,29-,30?,36+/m0/s1. The quantitative estimate of drug-likeness (QED) is 0.254. The van der Waals surface area contributed by atoms with Gasteiger partial charge in [-0.3, -0.25) is 19.2 Å². The van der Waals surface area contributed by atoms with Gasteiger partial charge in [-0.2, -0.15) is 0 Å². The Balaban J connectivity index is 1.42. The van der Waals surface area contributed by atoms with E-state index in [4.69, 9.17) is 15.2 Å². The van der Waals surface area contributed by atoms with Crippen molar-refractivity contribution in [1.82, 2.24) is 10.6 Å². The maximum atomic E-state index is 14.0. The fourth-order valence-electron chi connectivity index (χ4n) is 6.11. The number of ether oxygens (including phenoxy) is 2. The lowest BCUT2D eigenvalue weighted by molar-refractivity contribution is -0.133. The minimum absolute atomic E-state index is 0.160. The van der Waals surface area contributed by atoms with Crippen LogP contribution in [-0.4, -0.2) is 54.9 Å². The molecule has 9 nitrogen and oxygen atoms in total. The molecule has 3 amide bonds. The zero-order chi connectivity index (χ0) is 32.3. The van der Waals surface area contributed by atoms with Gasteiger partial charge in [0.2, 0.25) is 17.7 Å². The summed E-state index contributed by atoms with van der Waals surface area (Å²) in [6.07, 6.45) is 0.433. The molecule has 0 radical (unpaired) electrons. The Morgan fingerprint density at radius 1 is 0.889 bits per heavy atom. The number of Topliss-reactive ketones (excluding diaryl/α,β-unsaturated/α-hetero) is 1. The van der Waals surface area contributed by atoms with Crippen LogP contribution in [0.4, 0.5) is 0 Å². The number of amides is 3. The molecular formula is C36H39N3O6. The SMILES string of the molecule is COc1ccc(C[C@H](NC(=O)[C@@H](C)C2C(C(N)=O)=C(C)c3ccccc32)C(=O)N[C@@H](Cc2ccccc2)C(=O)[C@@]2(C)CO2)cc1. The summed E-state index contributed by atoms with van der Waals surface area (Å²) in [5.41, 5.74) is 9.37. The number of fused-ring (bicyclic) bond motifs is 1. The van der Waals surface area contributed by atoms with Gasteiger partial charge >= 0.3 is 0 Å². The Morgan fingerprint density at radius 2 is 1.47 bits per heavy atom. The van der Waals surface area contributed by atoms with Crippen LogP contribution >= 0.6 is 0 Å². The fraction of sp³-hybridized carbons (Fsp3) is 0.333. The Kier molecular flexibility index (Phi) is 9.20. The van der Waals surface area contributed by atoms with E-state index in [1.54, 1.807) is 33.1 Å². The molecule has 0 spiro atoms. The van der Waals surface area contributed by atoms with Crippen LogP contribution in [0.5, 0.6) is 5.75 Å². The van der Waals surface area contributed by atoms with Gasteiger partial charge in [0.15, 0.2) is 5.78 Å². The summed E-state index contributed by atoms with van der Waals surface area (Å²) in [6, 6.07) is 22.3. The number of hydrogen-bond acceptors (Lipinski definition) is 6. The molecule has 1 unspecified atom stereocenters. The number of nitrogens with two attached hydrogens (primary N) is 1. The third-order valence-corrected chi connectivity index (χ3v) is 8.84. The van der Waals surface area contributed by atoms with Crippen molar-refractivity contribution in [1.29, 1.82) is 0 Å². The normalized spacial score (nSPS) is 20.4. The maximum absolute atomic E-state index is 14.0. The monoisotopic (exact) mass is 609 g/mol. The largest absolute Gasteiger partial charge is 0.497 e. The van der Waals surface area contributed by atoms with Crippen LogP contribution in [-0.2, 0) is 36.8 Å². The van der Waals surface area contributed by atoms with Crippen molar-refractivity contribution in [2.45, 2.75) is 57.2 Å². The van der Waals surface area contributed by atoms with Gasteiger partial charge in [0.25, 0.3) is 0 Å². The molecule has 3 aromatic carbocycles. The lowest BCUT2D eigenvalue weighted by Crippen LogP contribution is -2.55. The summed E-state index contributed by atoms with van der Waals surface area (Å²) in [6.45, 7) is 5.56. The number of rotatable bonds is 13. The van der Waals surface area contributed by atoms with Gasteiger partial charge < -0.3 is 25.8 Å². The molecule has 0 aromatic heterocycles. The summed E-state index contributed by atoms with van der Waals surface area (Å²) in [4.78, 5) is 54.0. The van der Waals surface area contributed by atoms with Crippen molar-refractivity contribution >= 4 is 29.1 Å². The Labute approximate surface area is 263 Å². The van der Waals surface area contributed by atoms with E-state index < -0.39 is 47.2 Å². The minimum atomic E-state index is -1.02. The van der Waals surface area contributed by atoms with E-state index in [9.17, 15) is 19.2 Å². The average molecular weight is 610 g/mol. The van der Waals surface area contributed by atoms with E-state index in [1.807, 2.05) is 73.7 Å². The van der Waals surface area contributed by atoms with Crippen LogP contribution in [0.1, 0.15) is 48.9 Å². The minimum Gasteiger partial charge on any atom is -0.497 e. The van der Waals surface area contributed by atoms with Crippen LogP contribution < -0.4 is 21.1 Å². The van der Waals surface area contributed by atoms with Gasteiger partial charge in [0.05, 0.1) is 19.8 Å². The van der Waals surface area contributed by atoms with Crippen molar-refractivity contribution in [2.24, 2.45) is 11.7 Å². The smallest absolute Gasteiger partial charge is 0.245 e. The molecule has 0 saturated carbocycles. The second-order valence-corrected chi connectivity index (χ2v) is 12.0. The number of carbonyl (C=O) groups excluding carboxylic acids is 4. The van der Waals surface area contributed by atoms with E-state index in [1.165, 1.54) is 0 Å². The molecule has 234 valence electrons. The highest BCUT2D eigenvalue weighted by Crippen LogP contribution is 2.45. The molecule has 3 aromatic rings. The summed E-state index contributed by atoms with van der Waals surface area (Å²) < 4.78 is 10.7. The second kappa shape index (κ2) is 13.1. The van der Waals surface area contributed by atoms with Crippen molar-refractivity contribution in [3.05, 3.63) is 107 Å². The van der Waals surface area contributed by atoms with E-state index in [-0.39, 0.29) is 25.2 Å². The fourth-order valence-corrected chi connectivity index (χ4v) is 6.11. The number of allylic oxidation sites excluding steroid dienone is 1. The molecule has 9 heteroatoms. The zero-order valence-corrected chi connectivity index (χ0v) is 26.0. The first-order valence-corrected chi connectivity index (χ1v) is 15.1. The van der Waals surface area contributed by atoms with Crippen LogP contribution in [0, 0.1) is 5.92 Å². The Morgan fingerprint density at radius 3 is 2.09 bits per heavy atom. The molecule has 5 atom stereocenters. The van der Waals surface area contributed by atoms with Crippen LogP contribution in [0.25, 0.3) is 5.57 Å². The van der Waals surface area contributed by atoms with Crippen molar-refractivity contribution in [3.8, 4) is 5.75 Å². The molecule has 1 fully saturated rings. The highest BCUT2D eigenvalue weighted by molar-refractivity contribution is 6.05. The number of methoxy groups -OCH3 is 1. The molecular weight excluding hydrogens is 570 g/mol. The molecule has 2 aliphatic rings. The second-order valence-electron chi connectivity index (χ2n) is 12.0. The molecule has 5 rings (SSSR count). The highest BCUT2D eigenvalue weighted by Gasteiger charge is 2.50. The van der Waals surface area contributed by atoms with E-state index in [0.29, 0.717) is 11.3 Å². The van der Waals surface area contributed by atoms with Crippen LogP contribution in [0.2, 0.25) is 0 Å². The summed E-state index contributed by atoms with van der Waals surface area (Å²) >= 11 is 0. The molecule has 1 heterocycles. The van der Waals surface area contributed by atoms with Crippen molar-refractivity contribution in [2.75, 3.05) is 13.7 Å². The topological polar surface area (TPSA) is 140 Å². The summed E-state index contributed by atoms with van der Waals surface area (Å²) in [5.74, 6) is -2.36. The van der Waals surface area contributed by atoms with Crippen LogP contribution in [0.3, 0.4) is 0 Å². The lowest BCUT2D eigenvalue weighted by atomic mass is 9.83. The predicted octanol–water partition coefficient (Wildman–Crippen LogP) is 3.50.